The van der Waals surface area contributed by atoms with Gasteiger partial charge in [0.15, 0.2) is 6.54 Å². The molecule has 0 saturated carbocycles. The number of para-hydroxylation sites is 1. The van der Waals surface area contributed by atoms with Crippen LogP contribution in [0.4, 0.5) is 0 Å². The molecule has 3 aromatic rings. The number of nitrogens with one attached hydrogen (secondary N) is 2. The lowest BCUT2D eigenvalue weighted by Crippen LogP contribution is -3.28. The van der Waals surface area contributed by atoms with Crippen LogP contribution in [0.25, 0.3) is 10.2 Å². The Hall–Kier alpha value is -1.80. The Morgan fingerprint density at radius 1 is 1.11 bits per heavy atom. The first-order valence-electron chi connectivity index (χ1n) is 9.45. The van der Waals surface area contributed by atoms with Gasteiger partial charge in [0.2, 0.25) is 0 Å². The van der Waals surface area contributed by atoms with E-state index >= 15 is 0 Å². The molecule has 2 aromatic heterocycles. The molecule has 0 unspecified atom stereocenters. The van der Waals surface area contributed by atoms with Crippen LogP contribution < -0.4 is 9.80 Å². The van der Waals surface area contributed by atoms with Crippen LogP contribution in [0.1, 0.15) is 9.88 Å². The van der Waals surface area contributed by atoms with Gasteiger partial charge in [0.1, 0.15) is 37.7 Å². The van der Waals surface area contributed by atoms with E-state index in [1.807, 2.05) is 41.5 Å². The molecule has 1 fully saturated rings. The summed E-state index contributed by atoms with van der Waals surface area (Å²) in [6, 6.07) is 12.5. The van der Waals surface area contributed by atoms with Crippen LogP contribution in [0.15, 0.2) is 41.8 Å². The summed E-state index contributed by atoms with van der Waals surface area (Å²) in [5.74, 6) is 0.214. The van der Waals surface area contributed by atoms with E-state index in [-0.39, 0.29) is 5.91 Å². The number of piperazine rings is 1. The first-order chi connectivity index (χ1) is 13.2. The highest BCUT2D eigenvalue weighted by Crippen LogP contribution is 2.22. The summed E-state index contributed by atoms with van der Waals surface area (Å²) >= 11 is 3.52. The van der Waals surface area contributed by atoms with Crippen molar-refractivity contribution in [1.29, 1.82) is 0 Å². The number of fused-ring (bicyclic) bond motifs is 1. The van der Waals surface area contributed by atoms with Gasteiger partial charge in [0, 0.05) is 7.05 Å². The monoisotopic (exact) mass is 402 g/mol. The molecule has 1 aliphatic heterocycles. The highest BCUT2D eigenvalue weighted by atomic mass is 32.1. The number of rotatable bonds is 6. The van der Waals surface area contributed by atoms with Crippen molar-refractivity contribution in [2.75, 3.05) is 39.8 Å². The fourth-order valence-corrected chi connectivity index (χ4v) is 5.40. The standard InChI is InChI=1S/C20H24N4OS2/c1-22(14-19-21-17-6-2-3-7-18(17)27-19)20(25)15-24-10-8-23(9-11-24)13-16-5-4-12-26-16/h2-7,12H,8-11,13-15H2,1H3/p+2. The van der Waals surface area contributed by atoms with Crippen LogP contribution in [-0.2, 0) is 17.9 Å². The molecule has 4 rings (SSSR count). The summed E-state index contributed by atoms with van der Waals surface area (Å²) in [4.78, 5) is 23.6. The molecule has 1 saturated heterocycles. The summed E-state index contributed by atoms with van der Waals surface area (Å²) < 4.78 is 1.18. The number of quaternary nitrogens is 2. The fourth-order valence-electron chi connectivity index (χ4n) is 3.60. The molecular formula is C20H26N4OS2+2. The maximum absolute atomic E-state index is 12.6. The predicted octanol–water partition coefficient (Wildman–Crippen LogP) is 0.300. The van der Waals surface area contributed by atoms with E-state index in [1.54, 1.807) is 16.2 Å². The molecule has 0 aliphatic carbocycles. The van der Waals surface area contributed by atoms with Gasteiger partial charge in [-0.3, -0.25) is 4.79 Å². The van der Waals surface area contributed by atoms with Crippen molar-refractivity contribution in [3.63, 3.8) is 0 Å². The second kappa shape index (κ2) is 8.48. The van der Waals surface area contributed by atoms with Crippen molar-refractivity contribution in [2.24, 2.45) is 0 Å². The van der Waals surface area contributed by atoms with Gasteiger partial charge in [-0.15, -0.1) is 22.7 Å². The van der Waals surface area contributed by atoms with Crippen molar-refractivity contribution in [1.82, 2.24) is 9.88 Å². The number of thiophene rings is 1. The third-order valence-electron chi connectivity index (χ3n) is 5.21. The normalized spacial score (nSPS) is 20.0. The Balaban J connectivity index is 1.25. The van der Waals surface area contributed by atoms with Gasteiger partial charge < -0.3 is 14.7 Å². The number of nitrogens with zero attached hydrogens (tertiary/aromatic N) is 2. The second-order valence-corrected chi connectivity index (χ2v) is 9.41. The van der Waals surface area contributed by atoms with Gasteiger partial charge in [-0.1, -0.05) is 18.2 Å². The number of benzene rings is 1. The molecule has 1 aromatic carbocycles. The number of aromatic nitrogens is 1. The van der Waals surface area contributed by atoms with E-state index < -0.39 is 0 Å². The Labute approximate surface area is 167 Å². The zero-order valence-corrected chi connectivity index (χ0v) is 17.2. The third-order valence-corrected chi connectivity index (χ3v) is 7.10. The number of thiazole rings is 1. The van der Waals surface area contributed by atoms with Gasteiger partial charge >= 0.3 is 0 Å². The Morgan fingerprint density at radius 2 is 1.89 bits per heavy atom. The molecule has 0 spiro atoms. The van der Waals surface area contributed by atoms with Crippen LogP contribution in [0, 0.1) is 0 Å². The molecule has 27 heavy (non-hydrogen) atoms. The number of hydrogen-bond donors (Lipinski definition) is 2. The quantitative estimate of drug-likeness (QED) is 0.623. The van der Waals surface area contributed by atoms with Crippen molar-refractivity contribution in [3.05, 3.63) is 51.7 Å². The highest BCUT2D eigenvalue weighted by Gasteiger charge is 2.26. The van der Waals surface area contributed by atoms with Crippen LogP contribution in [-0.4, -0.2) is 55.6 Å². The number of amides is 1. The molecule has 0 radical (unpaired) electrons. The molecule has 0 bridgehead atoms. The summed E-state index contributed by atoms with van der Waals surface area (Å²) in [5.41, 5.74) is 1.02. The van der Waals surface area contributed by atoms with Gasteiger partial charge in [0.05, 0.1) is 21.6 Å². The number of likely N-dealkylation sites (N-methyl/N-ethyl adjacent to an activating group) is 1. The topological polar surface area (TPSA) is 42.1 Å². The third kappa shape index (κ3) is 4.73. The van der Waals surface area contributed by atoms with Gasteiger partial charge in [-0.2, -0.15) is 0 Å². The zero-order chi connectivity index (χ0) is 18.6. The molecule has 3 heterocycles. The van der Waals surface area contributed by atoms with E-state index in [4.69, 9.17) is 0 Å². The van der Waals surface area contributed by atoms with Crippen molar-refractivity contribution < 1.29 is 14.6 Å². The van der Waals surface area contributed by atoms with Crippen molar-refractivity contribution >= 4 is 38.8 Å². The lowest BCUT2D eigenvalue weighted by molar-refractivity contribution is -1.02. The fraction of sp³-hybridized carbons (Fsp3) is 0.400. The molecule has 0 atom stereocenters. The van der Waals surface area contributed by atoms with E-state index in [2.05, 4.69) is 28.6 Å². The van der Waals surface area contributed by atoms with Gasteiger partial charge in [-0.25, -0.2) is 4.98 Å². The summed E-state index contributed by atoms with van der Waals surface area (Å²) in [6.07, 6.45) is 0. The van der Waals surface area contributed by atoms with E-state index in [1.165, 1.54) is 14.5 Å². The number of carbonyl (C=O) groups is 1. The maximum atomic E-state index is 12.6. The summed E-state index contributed by atoms with van der Waals surface area (Å²) in [6.45, 7) is 6.73. The van der Waals surface area contributed by atoms with E-state index in [0.717, 1.165) is 43.2 Å². The minimum Gasteiger partial charge on any atom is -0.334 e. The zero-order valence-electron chi connectivity index (χ0n) is 15.6. The molecular weight excluding hydrogens is 376 g/mol. The minimum atomic E-state index is 0.214. The van der Waals surface area contributed by atoms with E-state index in [9.17, 15) is 4.79 Å². The van der Waals surface area contributed by atoms with Crippen LogP contribution in [0.3, 0.4) is 0 Å². The highest BCUT2D eigenvalue weighted by molar-refractivity contribution is 7.18. The second-order valence-electron chi connectivity index (χ2n) is 7.26. The molecule has 1 amide bonds. The van der Waals surface area contributed by atoms with Crippen LogP contribution in [0.5, 0.6) is 0 Å². The molecule has 5 nitrogen and oxygen atoms in total. The largest absolute Gasteiger partial charge is 0.334 e. The summed E-state index contributed by atoms with van der Waals surface area (Å²) in [5, 5.41) is 3.16. The first kappa shape index (κ1) is 18.6. The average Bonchev–Trinajstić information content (AvgIpc) is 3.32. The van der Waals surface area contributed by atoms with Gasteiger partial charge in [-0.05, 0) is 23.6 Å². The van der Waals surface area contributed by atoms with Crippen molar-refractivity contribution in [3.8, 4) is 0 Å². The summed E-state index contributed by atoms with van der Waals surface area (Å²) in [7, 11) is 1.89. The number of carbonyl (C=O) groups excluding carboxylic acids is 1. The smallest absolute Gasteiger partial charge is 0.277 e. The number of hydrogen-bond acceptors (Lipinski definition) is 4. The lowest BCUT2D eigenvalue weighted by atomic mass is 10.3. The Bertz CT molecular complexity index is 851. The molecule has 2 N–H and O–H groups in total. The predicted molar refractivity (Wildman–Crippen MR) is 110 cm³/mol. The molecule has 142 valence electrons. The Kier molecular flexibility index (Phi) is 5.83. The SMILES string of the molecule is CN(Cc1nc2ccccc2s1)C(=O)C[NH+]1CC[NH+](Cc2cccs2)CC1. The van der Waals surface area contributed by atoms with Crippen LogP contribution >= 0.6 is 22.7 Å². The minimum absolute atomic E-state index is 0.214. The molecule has 7 heteroatoms. The average molecular weight is 403 g/mol. The Morgan fingerprint density at radius 3 is 2.63 bits per heavy atom. The lowest BCUT2D eigenvalue weighted by Gasteiger charge is -2.30. The van der Waals surface area contributed by atoms with Crippen molar-refractivity contribution in [2.45, 2.75) is 13.1 Å². The van der Waals surface area contributed by atoms with E-state index in [0.29, 0.717) is 13.1 Å². The van der Waals surface area contributed by atoms with Crippen LogP contribution in [0.2, 0.25) is 0 Å². The molecule has 1 aliphatic rings. The van der Waals surface area contributed by atoms with Gasteiger partial charge in [0.25, 0.3) is 5.91 Å². The first-order valence-corrected chi connectivity index (χ1v) is 11.1. The maximum Gasteiger partial charge on any atom is 0.277 e.